The number of nitrogens with zero attached hydrogens (tertiary/aromatic N) is 1. The van der Waals surface area contributed by atoms with Gasteiger partial charge >= 0.3 is 5.97 Å². The van der Waals surface area contributed by atoms with Crippen LogP contribution in [0.5, 0.6) is 0 Å². The molecule has 33 heavy (non-hydrogen) atoms. The van der Waals surface area contributed by atoms with E-state index in [-0.39, 0.29) is 37.1 Å². The lowest BCUT2D eigenvalue weighted by molar-refractivity contribution is -0.144. The second-order valence-electron chi connectivity index (χ2n) is 7.72. The summed E-state index contributed by atoms with van der Waals surface area (Å²) in [5, 5.41) is 12.1. The van der Waals surface area contributed by atoms with Gasteiger partial charge in [-0.2, -0.15) is 4.31 Å². The maximum absolute atomic E-state index is 12.9. The number of nitrogens with one attached hydrogen (secondary N) is 1. The van der Waals surface area contributed by atoms with E-state index in [2.05, 4.69) is 5.32 Å². The Labute approximate surface area is 192 Å². The minimum atomic E-state index is -3.98. The predicted molar refractivity (Wildman–Crippen MR) is 119 cm³/mol. The molecule has 1 fully saturated rings. The van der Waals surface area contributed by atoms with E-state index in [1.165, 1.54) is 12.1 Å². The molecule has 1 aliphatic rings. The first kappa shape index (κ1) is 24.6. The normalized spacial score (nSPS) is 17.4. The molecular formula is C23H26N2O7S. The van der Waals surface area contributed by atoms with Crippen LogP contribution in [0.2, 0.25) is 0 Å². The van der Waals surface area contributed by atoms with Gasteiger partial charge in [-0.3, -0.25) is 14.4 Å². The van der Waals surface area contributed by atoms with E-state index in [1.54, 1.807) is 18.2 Å². The first-order valence-electron chi connectivity index (χ1n) is 10.5. The van der Waals surface area contributed by atoms with E-state index in [0.717, 1.165) is 9.87 Å². The highest BCUT2D eigenvalue weighted by Crippen LogP contribution is 2.24. The van der Waals surface area contributed by atoms with Crippen molar-refractivity contribution < 1.29 is 32.6 Å². The highest BCUT2D eigenvalue weighted by molar-refractivity contribution is 7.89. The highest BCUT2D eigenvalue weighted by atomic mass is 32.2. The van der Waals surface area contributed by atoms with E-state index < -0.39 is 40.2 Å². The molecule has 1 aliphatic heterocycles. The molecule has 1 heterocycles. The van der Waals surface area contributed by atoms with Crippen LogP contribution >= 0.6 is 0 Å². The Morgan fingerprint density at radius 1 is 1.06 bits per heavy atom. The number of benzene rings is 2. The number of carboxylic acid groups (broad SMARTS) is 1. The third-order valence-corrected chi connectivity index (χ3v) is 7.23. The first-order chi connectivity index (χ1) is 15.8. The van der Waals surface area contributed by atoms with E-state index in [9.17, 15) is 27.9 Å². The number of carbonyl (C=O) groups excluding carboxylic acids is 2. The number of aliphatic carboxylic acids is 1. The summed E-state index contributed by atoms with van der Waals surface area (Å²) in [5.74, 6) is -3.32. The number of carboxylic acids is 1. The van der Waals surface area contributed by atoms with Crippen molar-refractivity contribution in [2.75, 3.05) is 19.9 Å². The summed E-state index contributed by atoms with van der Waals surface area (Å²) in [6.07, 6.45) is 0.266. The Bertz CT molecular complexity index is 1070. The molecule has 3 rings (SSSR count). The summed E-state index contributed by atoms with van der Waals surface area (Å²) in [6.45, 7) is -0.671. The summed E-state index contributed by atoms with van der Waals surface area (Å²) in [5.41, 5.74) is 0.985. The van der Waals surface area contributed by atoms with Gasteiger partial charge in [0.15, 0.2) is 5.78 Å². The van der Waals surface area contributed by atoms with Crippen molar-refractivity contribution in [1.82, 2.24) is 9.62 Å². The molecule has 2 atom stereocenters. The lowest BCUT2D eigenvalue weighted by atomic mass is 9.98. The van der Waals surface area contributed by atoms with Crippen molar-refractivity contribution in [3.8, 4) is 0 Å². The molecule has 1 saturated heterocycles. The van der Waals surface area contributed by atoms with Crippen LogP contribution in [0.25, 0.3) is 0 Å². The molecule has 2 N–H and O–H groups in total. The van der Waals surface area contributed by atoms with Gasteiger partial charge in [0.2, 0.25) is 15.9 Å². The van der Waals surface area contributed by atoms with Gasteiger partial charge in [-0.1, -0.05) is 48.5 Å². The molecule has 9 nitrogen and oxygen atoms in total. The number of carbonyl (C=O) groups is 3. The van der Waals surface area contributed by atoms with Crippen LogP contribution < -0.4 is 5.32 Å². The maximum Gasteiger partial charge on any atom is 0.308 e. The summed E-state index contributed by atoms with van der Waals surface area (Å²) < 4.78 is 32.0. The maximum atomic E-state index is 12.9. The molecule has 2 aromatic rings. The molecule has 2 aromatic carbocycles. The van der Waals surface area contributed by atoms with Gasteiger partial charge in [-0.25, -0.2) is 8.42 Å². The first-order valence-corrected chi connectivity index (χ1v) is 11.9. The van der Waals surface area contributed by atoms with Gasteiger partial charge in [0.1, 0.15) is 12.8 Å². The van der Waals surface area contributed by atoms with Crippen LogP contribution in [0.1, 0.15) is 18.4 Å². The Morgan fingerprint density at radius 3 is 2.33 bits per heavy atom. The van der Waals surface area contributed by atoms with Crippen molar-refractivity contribution in [2.45, 2.75) is 30.2 Å². The molecule has 0 aliphatic carbocycles. The quantitative estimate of drug-likeness (QED) is 0.504. The largest absolute Gasteiger partial charge is 0.481 e. The van der Waals surface area contributed by atoms with E-state index in [4.69, 9.17) is 4.74 Å². The van der Waals surface area contributed by atoms with Crippen molar-refractivity contribution in [1.29, 1.82) is 0 Å². The molecule has 0 saturated carbocycles. The van der Waals surface area contributed by atoms with Crippen molar-refractivity contribution >= 4 is 27.7 Å². The van der Waals surface area contributed by atoms with E-state index in [1.807, 2.05) is 30.3 Å². The van der Waals surface area contributed by atoms with E-state index in [0.29, 0.717) is 6.42 Å². The number of hydrogen-bond donors (Lipinski definition) is 2. The lowest BCUT2D eigenvalue weighted by Gasteiger charge is -2.22. The number of ether oxygens (including phenoxy) is 1. The number of amides is 1. The Morgan fingerprint density at radius 2 is 1.70 bits per heavy atom. The monoisotopic (exact) mass is 474 g/mol. The third-order valence-electron chi connectivity index (χ3n) is 5.39. The molecule has 2 unspecified atom stereocenters. The van der Waals surface area contributed by atoms with Crippen molar-refractivity contribution in [3.05, 3.63) is 66.2 Å². The zero-order valence-corrected chi connectivity index (χ0v) is 18.7. The minimum absolute atomic E-state index is 0.0220. The number of hydrogen-bond acceptors (Lipinski definition) is 6. The third kappa shape index (κ3) is 6.47. The Hall–Kier alpha value is -3.08. The molecule has 1 amide bonds. The summed E-state index contributed by atoms with van der Waals surface area (Å²) >= 11 is 0. The number of sulfonamides is 1. The fourth-order valence-electron chi connectivity index (χ4n) is 3.50. The number of ketones is 1. The van der Waals surface area contributed by atoms with Gasteiger partial charge in [0, 0.05) is 19.4 Å². The molecule has 0 spiro atoms. The Kier molecular flexibility index (Phi) is 8.32. The zero-order chi connectivity index (χ0) is 23.8. The summed E-state index contributed by atoms with van der Waals surface area (Å²) in [6, 6.07) is 15.9. The van der Waals surface area contributed by atoms with E-state index >= 15 is 0 Å². The second kappa shape index (κ2) is 11.2. The van der Waals surface area contributed by atoms with Crippen molar-refractivity contribution in [2.24, 2.45) is 5.92 Å². The smallest absolute Gasteiger partial charge is 0.308 e. The van der Waals surface area contributed by atoms with Crippen LogP contribution in [0.3, 0.4) is 0 Å². The SMILES string of the molecule is O=C(CCc1ccccc1)NCC(CC(=O)C1COCN1S(=O)(=O)c1ccccc1)C(=O)O. The van der Waals surface area contributed by atoms with Crippen LogP contribution in [0.15, 0.2) is 65.6 Å². The van der Waals surface area contributed by atoms with Gasteiger partial charge in [-0.15, -0.1) is 0 Å². The zero-order valence-electron chi connectivity index (χ0n) is 17.9. The summed E-state index contributed by atoms with van der Waals surface area (Å²) in [4.78, 5) is 36.7. The summed E-state index contributed by atoms with van der Waals surface area (Å²) in [7, 11) is -3.98. The van der Waals surface area contributed by atoms with Crippen LogP contribution in [0.4, 0.5) is 0 Å². The highest BCUT2D eigenvalue weighted by Gasteiger charge is 2.41. The topological polar surface area (TPSA) is 130 Å². The average Bonchev–Trinajstić information content (AvgIpc) is 3.32. The fraction of sp³-hybridized carbons (Fsp3) is 0.348. The van der Waals surface area contributed by atoms with Gasteiger partial charge in [0.05, 0.1) is 17.4 Å². The second-order valence-corrected chi connectivity index (χ2v) is 9.61. The fourth-order valence-corrected chi connectivity index (χ4v) is 5.00. The number of Topliss-reactive ketones (excluding diaryl/α,β-unsaturated/α-hetero) is 1. The molecule has 176 valence electrons. The minimum Gasteiger partial charge on any atom is -0.481 e. The van der Waals surface area contributed by atoms with Crippen LogP contribution in [-0.4, -0.2) is 61.4 Å². The molecule has 0 radical (unpaired) electrons. The van der Waals surface area contributed by atoms with Crippen LogP contribution in [-0.2, 0) is 35.6 Å². The van der Waals surface area contributed by atoms with Crippen molar-refractivity contribution in [3.63, 3.8) is 0 Å². The average molecular weight is 475 g/mol. The standard InChI is InChI=1S/C23H26N2O7S/c26-21(20-15-32-16-25(20)33(30,31)19-9-5-2-6-10-19)13-18(23(28)29)14-24-22(27)12-11-17-7-3-1-4-8-17/h1-10,18,20H,11-16H2,(H,24,27)(H,28,29). The molecular weight excluding hydrogens is 448 g/mol. The molecule has 10 heteroatoms. The predicted octanol–water partition coefficient (Wildman–Crippen LogP) is 1.44. The number of rotatable bonds is 11. The lowest BCUT2D eigenvalue weighted by Crippen LogP contribution is -2.44. The number of aryl methyl sites for hydroxylation is 1. The molecule has 0 aromatic heterocycles. The molecule has 0 bridgehead atoms. The van der Waals surface area contributed by atoms with Gasteiger partial charge in [-0.05, 0) is 24.1 Å². The van der Waals surface area contributed by atoms with Crippen LogP contribution in [0, 0.1) is 5.92 Å². The Balaban J connectivity index is 1.58. The van der Waals surface area contributed by atoms with Gasteiger partial charge < -0.3 is 15.2 Å². The van der Waals surface area contributed by atoms with Gasteiger partial charge in [0.25, 0.3) is 0 Å².